The highest BCUT2D eigenvalue weighted by Crippen LogP contribution is 2.16. The molecule has 0 aliphatic rings. The van der Waals surface area contributed by atoms with Crippen LogP contribution in [0.25, 0.3) is 10.8 Å². The number of para-hydroxylation sites is 2. The van der Waals surface area contributed by atoms with Crippen LogP contribution in [0.2, 0.25) is 0 Å². The summed E-state index contributed by atoms with van der Waals surface area (Å²) in [6.07, 6.45) is 0. The average Bonchev–Trinajstić information content (AvgIpc) is 2.80. The van der Waals surface area contributed by atoms with Crippen molar-refractivity contribution in [1.29, 1.82) is 0 Å². The lowest BCUT2D eigenvalue weighted by atomic mass is 10.2. The smallest absolute Gasteiger partial charge is 0.339 e. The lowest BCUT2D eigenvalue weighted by Crippen LogP contribution is -2.36. The minimum absolute atomic E-state index is 0.283. The molecular formula is C16H12N4O3. The molecule has 0 saturated carbocycles. The number of anilines is 2. The molecule has 0 unspecified atom stereocenters. The largest absolute Gasteiger partial charge is 0.397 e. The molecule has 0 fully saturated rings. The highest BCUT2D eigenvalue weighted by molar-refractivity contribution is 5.92. The van der Waals surface area contributed by atoms with Crippen LogP contribution in [0.1, 0.15) is 0 Å². The fraction of sp³-hybridized carbons (Fsp3) is 0. The number of amides is 2. The zero-order valence-electron chi connectivity index (χ0n) is 11.9. The molecule has 0 bridgehead atoms. The number of carbonyl (C=O) groups excluding carboxylic acids is 1. The van der Waals surface area contributed by atoms with Gasteiger partial charge in [0.15, 0.2) is 5.36 Å². The van der Waals surface area contributed by atoms with E-state index in [-0.39, 0.29) is 16.1 Å². The summed E-state index contributed by atoms with van der Waals surface area (Å²) in [6, 6.07) is 12.4. The summed E-state index contributed by atoms with van der Waals surface area (Å²) in [5.74, 6) is 0. The van der Waals surface area contributed by atoms with E-state index < -0.39 is 16.9 Å². The van der Waals surface area contributed by atoms with Gasteiger partial charge in [0.05, 0.1) is 11.4 Å². The van der Waals surface area contributed by atoms with E-state index in [1.807, 2.05) is 0 Å². The van der Waals surface area contributed by atoms with Crippen molar-refractivity contribution in [2.75, 3.05) is 11.1 Å². The summed E-state index contributed by atoms with van der Waals surface area (Å²) in [6.45, 7) is 0. The lowest BCUT2D eigenvalue weighted by Gasteiger charge is -2.06. The fourth-order valence-corrected chi connectivity index (χ4v) is 2.21. The molecule has 0 atom stereocenters. The van der Waals surface area contributed by atoms with Gasteiger partial charge in [0.2, 0.25) is 10.9 Å². The second-order valence-electron chi connectivity index (χ2n) is 4.82. The van der Waals surface area contributed by atoms with Crippen molar-refractivity contribution in [3.63, 3.8) is 0 Å². The van der Waals surface area contributed by atoms with E-state index >= 15 is 0 Å². The zero-order valence-corrected chi connectivity index (χ0v) is 11.9. The Kier molecular flexibility index (Phi) is 3.60. The molecule has 0 aliphatic carbocycles. The average molecular weight is 308 g/mol. The Morgan fingerprint density at radius 3 is 2.09 bits per heavy atom. The Morgan fingerprint density at radius 2 is 1.48 bits per heavy atom. The molecule has 0 aliphatic heterocycles. The number of hydrogen-bond donors (Lipinski definition) is 3. The highest BCUT2D eigenvalue weighted by atomic mass is 16.2. The molecule has 3 aromatic rings. The summed E-state index contributed by atoms with van der Waals surface area (Å²) in [7, 11) is 0. The molecule has 4 N–H and O–H groups in total. The monoisotopic (exact) mass is 308 g/mol. The Morgan fingerprint density at radius 1 is 0.913 bits per heavy atom. The van der Waals surface area contributed by atoms with Gasteiger partial charge >= 0.3 is 6.03 Å². The SMILES string of the molecule is Nc1ccccc1NC(=O)NN=c1c(=O)c2ccccc2c1=O. The van der Waals surface area contributed by atoms with Gasteiger partial charge in [-0.05, 0) is 12.1 Å². The molecule has 0 heterocycles. The van der Waals surface area contributed by atoms with Crippen molar-refractivity contribution >= 4 is 28.2 Å². The van der Waals surface area contributed by atoms with Crippen LogP contribution in [0.4, 0.5) is 16.2 Å². The Bertz CT molecular complexity index is 999. The van der Waals surface area contributed by atoms with E-state index in [9.17, 15) is 14.4 Å². The van der Waals surface area contributed by atoms with Crippen LogP contribution in [0.3, 0.4) is 0 Å². The molecule has 7 heteroatoms. The Labute approximate surface area is 129 Å². The molecular weight excluding hydrogens is 296 g/mol. The molecule has 0 radical (unpaired) electrons. The van der Waals surface area contributed by atoms with Gasteiger partial charge in [-0.1, -0.05) is 36.4 Å². The van der Waals surface area contributed by atoms with Crippen molar-refractivity contribution in [2.45, 2.75) is 0 Å². The van der Waals surface area contributed by atoms with Crippen LogP contribution in [-0.4, -0.2) is 6.03 Å². The van der Waals surface area contributed by atoms with Gasteiger partial charge < -0.3 is 11.1 Å². The third-order valence-corrected chi connectivity index (χ3v) is 3.32. The minimum Gasteiger partial charge on any atom is -0.397 e. The van der Waals surface area contributed by atoms with Crippen molar-refractivity contribution in [2.24, 2.45) is 5.10 Å². The van der Waals surface area contributed by atoms with Crippen LogP contribution in [0.5, 0.6) is 0 Å². The predicted molar refractivity (Wildman–Crippen MR) is 87.4 cm³/mol. The quantitative estimate of drug-likeness (QED) is 0.476. The van der Waals surface area contributed by atoms with Crippen LogP contribution >= 0.6 is 0 Å². The highest BCUT2D eigenvalue weighted by Gasteiger charge is 2.10. The van der Waals surface area contributed by atoms with E-state index in [1.54, 1.807) is 48.5 Å². The number of urea groups is 1. The third kappa shape index (κ3) is 2.67. The third-order valence-electron chi connectivity index (χ3n) is 3.32. The predicted octanol–water partition coefficient (Wildman–Crippen LogP) is 0.655. The standard InChI is InChI=1S/C16H12N4O3/c17-11-7-3-4-8-12(11)18-16(23)20-19-13-14(21)9-5-1-2-6-10(9)15(13)22/h1-8H,17H2,(H2,18,20,23). The number of nitrogens with zero attached hydrogens (tertiary/aromatic N) is 1. The van der Waals surface area contributed by atoms with Crippen molar-refractivity contribution in [1.82, 2.24) is 5.43 Å². The summed E-state index contributed by atoms with van der Waals surface area (Å²) >= 11 is 0. The van der Waals surface area contributed by atoms with Crippen LogP contribution in [-0.2, 0) is 0 Å². The zero-order chi connectivity index (χ0) is 16.4. The Hall–Kier alpha value is -3.48. The second kappa shape index (κ2) is 5.72. The second-order valence-corrected chi connectivity index (χ2v) is 4.82. The van der Waals surface area contributed by atoms with Crippen LogP contribution < -0.4 is 32.7 Å². The number of nitrogen functional groups attached to an aromatic ring is 1. The maximum atomic E-state index is 12.1. The van der Waals surface area contributed by atoms with Gasteiger partial charge in [-0.2, -0.15) is 5.10 Å². The van der Waals surface area contributed by atoms with E-state index in [0.29, 0.717) is 11.4 Å². The van der Waals surface area contributed by atoms with Gasteiger partial charge in [-0.3, -0.25) is 9.59 Å². The van der Waals surface area contributed by atoms with Gasteiger partial charge in [0.1, 0.15) is 0 Å². The van der Waals surface area contributed by atoms with Gasteiger partial charge in [-0.15, -0.1) is 0 Å². The molecule has 3 rings (SSSR count). The molecule has 0 spiro atoms. The maximum absolute atomic E-state index is 12.1. The van der Waals surface area contributed by atoms with Crippen LogP contribution in [0, 0.1) is 0 Å². The van der Waals surface area contributed by atoms with E-state index in [2.05, 4.69) is 15.8 Å². The minimum atomic E-state index is -0.702. The van der Waals surface area contributed by atoms with Gasteiger partial charge in [0, 0.05) is 10.8 Å². The summed E-state index contributed by atoms with van der Waals surface area (Å²) in [5.41, 5.74) is 7.61. The van der Waals surface area contributed by atoms with Gasteiger partial charge in [-0.25, -0.2) is 10.2 Å². The molecule has 3 aromatic carbocycles. The first-order valence-corrected chi connectivity index (χ1v) is 6.75. The first kappa shape index (κ1) is 14.5. The van der Waals surface area contributed by atoms with Crippen molar-refractivity contribution in [3.05, 3.63) is 74.3 Å². The van der Waals surface area contributed by atoms with E-state index in [1.165, 1.54) is 0 Å². The summed E-state index contributed by atoms with van der Waals surface area (Å²) < 4.78 is 0. The Balaban J connectivity index is 1.89. The number of carbonyl (C=O) groups is 1. The molecule has 23 heavy (non-hydrogen) atoms. The summed E-state index contributed by atoms with van der Waals surface area (Å²) in [4.78, 5) is 36.0. The summed E-state index contributed by atoms with van der Waals surface area (Å²) in [5, 5.41) is 6.37. The van der Waals surface area contributed by atoms with Gasteiger partial charge in [0.25, 0.3) is 0 Å². The lowest BCUT2D eigenvalue weighted by molar-refractivity contribution is 0.252. The van der Waals surface area contributed by atoms with Crippen molar-refractivity contribution in [3.8, 4) is 0 Å². The van der Waals surface area contributed by atoms with E-state index in [4.69, 9.17) is 5.73 Å². The van der Waals surface area contributed by atoms with Crippen molar-refractivity contribution < 1.29 is 4.79 Å². The number of rotatable bonds is 2. The number of fused-ring (bicyclic) bond motifs is 1. The first-order valence-electron chi connectivity index (χ1n) is 6.75. The molecule has 2 amide bonds. The number of nitrogens with two attached hydrogens (primary N) is 1. The number of benzene rings is 2. The maximum Gasteiger partial charge on any atom is 0.339 e. The molecule has 7 nitrogen and oxygen atoms in total. The van der Waals surface area contributed by atoms with E-state index in [0.717, 1.165) is 0 Å². The first-order chi connectivity index (χ1) is 11.1. The fourth-order valence-electron chi connectivity index (χ4n) is 2.21. The number of nitrogens with one attached hydrogen (secondary N) is 2. The normalized spacial score (nSPS) is 10.4. The number of hydrogen-bond acceptors (Lipinski definition) is 5. The van der Waals surface area contributed by atoms with Crippen LogP contribution in [0.15, 0.2) is 63.2 Å². The topological polar surface area (TPSA) is 114 Å². The molecule has 114 valence electrons. The molecule has 0 saturated heterocycles. The molecule has 0 aromatic heterocycles.